The van der Waals surface area contributed by atoms with Gasteiger partial charge < -0.3 is 0 Å². The number of nitriles is 1. The van der Waals surface area contributed by atoms with Crippen molar-refractivity contribution in [3.05, 3.63) is 34.9 Å². The van der Waals surface area contributed by atoms with E-state index in [0.29, 0.717) is 12.1 Å². The van der Waals surface area contributed by atoms with Crippen molar-refractivity contribution < 1.29 is 8.78 Å². The van der Waals surface area contributed by atoms with Gasteiger partial charge in [-0.15, -0.1) is 0 Å². The third-order valence-electron chi connectivity index (χ3n) is 2.57. The molecule has 0 unspecified atom stereocenters. The Morgan fingerprint density at radius 1 is 1.27 bits per heavy atom. The lowest BCUT2D eigenvalue weighted by Gasteiger charge is -2.30. The maximum Gasteiger partial charge on any atom is 0.144 e. The molecule has 0 radical (unpaired) electrons. The highest BCUT2D eigenvalue weighted by atomic mass is 19.1. The largest absolute Gasteiger partial charge is 0.299 e. The summed E-state index contributed by atoms with van der Waals surface area (Å²) in [6.45, 7) is 2.51. The second kappa shape index (κ2) is 3.95. The molecule has 0 saturated carbocycles. The van der Waals surface area contributed by atoms with Gasteiger partial charge in [-0.25, -0.2) is 8.78 Å². The molecule has 0 aromatic heterocycles. The average molecular weight is 208 g/mol. The summed E-state index contributed by atoms with van der Waals surface area (Å²) in [5.74, 6) is -1.54. The summed E-state index contributed by atoms with van der Waals surface area (Å²) in [7, 11) is 0. The third-order valence-corrected chi connectivity index (χ3v) is 2.57. The first-order valence-electron chi connectivity index (χ1n) is 4.81. The number of benzene rings is 1. The van der Waals surface area contributed by atoms with E-state index >= 15 is 0 Å². The molecular weight excluding hydrogens is 198 g/mol. The zero-order valence-corrected chi connectivity index (χ0v) is 8.13. The minimum Gasteiger partial charge on any atom is -0.299 e. The zero-order chi connectivity index (χ0) is 10.8. The smallest absolute Gasteiger partial charge is 0.144 e. The minimum atomic E-state index is -0.770. The van der Waals surface area contributed by atoms with Gasteiger partial charge in [0.05, 0.1) is 0 Å². The molecular formula is C11H10F2N2. The Hall–Kier alpha value is -1.47. The molecule has 0 aliphatic carbocycles. The first-order chi connectivity index (χ1) is 7.20. The molecule has 2 nitrogen and oxygen atoms in total. The molecule has 0 amide bonds. The van der Waals surface area contributed by atoms with E-state index in [0.717, 1.165) is 19.5 Å². The summed E-state index contributed by atoms with van der Waals surface area (Å²) in [4.78, 5) is 2.10. The number of halogens is 2. The molecule has 1 aliphatic rings. The molecule has 1 fully saturated rings. The molecule has 0 spiro atoms. The number of hydrogen-bond acceptors (Lipinski definition) is 2. The second-order valence-corrected chi connectivity index (χ2v) is 3.68. The van der Waals surface area contributed by atoms with Crippen LogP contribution in [0, 0.1) is 23.0 Å². The van der Waals surface area contributed by atoms with Crippen molar-refractivity contribution in [1.29, 1.82) is 5.26 Å². The van der Waals surface area contributed by atoms with E-state index in [9.17, 15) is 8.78 Å². The van der Waals surface area contributed by atoms with Gasteiger partial charge in [-0.2, -0.15) is 5.26 Å². The summed E-state index contributed by atoms with van der Waals surface area (Å²) in [6.07, 6.45) is 1.14. The summed E-state index contributed by atoms with van der Waals surface area (Å²) in [5, 5.41) is 8.49. The number of nitrogens with zero attached hydrogens (tertiary/aromatic N) is 2. The topological polar surface area (TPSA) is 27.0 Å². The predicted molar refractivity (Wildman–Crippen MR) is 51.0 cm³/mol. The fraction of sp³-hybridized carbons (Fsp3) is 0.364. The monoisotopic (exact) mass is 208 g/mol. The van der Waals surface area contributed by atoms with Crippen molar-refractivity contribution in [2.24, 2.45) is 0 Å². The van der Waals surface area contributed by atoms with Gasteiger partial charge in [0, 0.05) is 6.54 Å². The first-order valence-corrected chi connectivity index (χ1v) is 4.81. The summed E-state index contributed by atoms with van der Waals surface area (Å²) in [5.41, 5.74) is 0.0889. The van der Waals surface area contributed by atoms with Gasteiger partial charge >= 0.3 is 0 Å². The van der Waals surface area contributed by atoms with Gasteiger partial charge in [-0.05, 0) is 37.2 Å². The quantitative estimate of drug-likeness (QED) is 0.743. The second-order valence-electron chi connectivity index (χ2n) is 3.68. The Labute approximate surface area is 86.7 Å². The Balaban J connectivity index is 2.23. The molecule has 2 rings (SSSR count). The number of rotatable bonds is 2. The highest BCUT2D eigenvalue weighted by Crippen LogP contribution is 2.18. The highest BCUT2D eigenvalue weighted by molar-refractivity contribution is 5.35. The van der Waals surface area contributed by atoms with E-state index < -0.39 is 17.2 Å². The van der Waals surface area contributed by atoms with Crippen molar-refractivity contribution in [2.45, 2.75) is 13.0 Å². The van der Waals surface area contributed by atoms with Crippen LogP contribution in [-0.4, -0.2) is 18.0 Å². The van der Waals surface area contributed by atoms with Crippen LogP contribution in [-0.2, 0) is 6.54 Å². The lowest BCUT2D eigenvalue weighted by molar-refractivity contribution is 0.172. The highest BCUT2D eigenvalue weighted by Gasteiger charge is 2.16. The summed E-state index contributed by atoms with van der Waals surface area (Å²) < 4.78 is 26.4. The van der Waals surface area contributed by atoms with Gasteiger partial charge in [0.2, 0.25) is 0 Å². The van der Waals surface area contributed by atoms with E-state index in [2.05, 4.69) is 4.90 Å². The molecule has 0 atom stereocenters. The van der Waals surface area contributed by atoms with Crippen LogP contribution in [0.5, 0.6) is 0 Å². The number of hydrogen-bond donors (Lipinski definition) is 0. The summed E-state index contributed by atoms with van der Waals surface area (Å²) >= 11 is 0. The van der Waals surface area contributed by atoms with Crippen molar-refractivity contribution in [3.63, 3.8) is 0 Å². The predicted octanol–water partition coefficient (Wildman–Crippen LogP) is 2.04. The van der Waals surface area contributed by atoms with Gasteiger partial charge in [0.15, 0.2) is 0 Å². The van der Waals surface area contributed by atoms with Gasteiger partial charge in [0.1, 0.15) is 23.3 Å². The molecule has 1 aromatic rings. The zero-order valence-electron chi connectivity index (χ0n) is 8.13. The van der Waals surface area contributed by atoms with E-state index in [1.165, 1.54) is 18.2 Å². The molecule has 1 heterocycles. The Morgan fingerprint density at radius 2 is 1.87 bits per heavy atom. The molecule has 4 heteroatoms. The standard InChI is InChI=1S/C11H10F2N2/c12-10-4-8(7-15-2-1-3-15)5-11(13)9(10)6-14/h4-5H,1-3,7H2. The molecule has 0 N–H and O–H groups in total. The first kappa shape index (κ1) is 10.1. The normalized spacial score (nSPS) is 15.8. The molecule has 1 aliphatic heterocycles. The maximum absolute atomic E-state index is 13.2. The Bertz CT molecular complexity index is 396. The van der Waals surface area contributed by atoms with Crippen LogP contribution in [0.1, 0.15) is 17.5 Å². The van der Waals surface area contributed by atoms with Gasteiger partial charge in [0.25, 0.3) is 0 Å². The van der Waals surface area contributed by atoms with Crippen molar-refractivity contribution in [2.75, 3.05) is 13.1 Å². The van der Waals surface area contributed by atoms with Crippen LogP contribution in [0.2, 0.25) is 0 Å². The van der Waals surface area contributed by atoms with Crippen LogP contribution in [0.25, 0.3) is 0 Å². The van der Waals surface area contributed by atoms with Crippen LogP contribution < -0.4 is 0 Å². The average Bonchev–Trinajstić information content (AvgIpc) is 2.11. The Morgan fingerprint density at radius 3 is 2.27 bits per heavy atom. The van der Waals surface area contributed by atoms with Crippen LogP contribution in [0.3, 0.4) is 0 Å². The molecule has 15 heavy (non-hydrogen) atoms. The molecule has 1 aromatic carbocycles. The fourth-order valence-electron chi connectivity index (χ4n) is 1.62. The van der Waals surface area contributed by atoms with E-state index in [1.54, 1.807) is 0 Å². The lowest BCUT2D eigenvalue weighted by atomic mass is 10.1. The van der Waals surface area contributed by atoms with Crippen molar-refractivity contribution >= 4 is 0 Å². The van der Waals surface area contributed by atoms with Crippen LogP contribution in [0.4, 0.5) is 8.78 Å². The van der Waals surface area contributed by atoms with Gasteiger partial charge in [-0.1, -0.05) is 0 Å². The summed E-state index contributed by atoms with van der Waals surface area (Å²) in [6, 6.07) is 3.98. The molecule has 0 bridgehead atoms. The van der Waals surface area contributed by atoms with Crippen LogP contribution >= 0.6 is 0 Å². The molecule has 1 saturated heterocycles. The van der Waals surface area contributed by atoms with E-state index in [-0.39, 0.29) is 0 Å². The van der Waals surface area contributed by atoms with Crippen molar-refractivity contribution in [1.82, 2.24) is 4.90 Å². The van der Waals surface area contributed by atoms with Crippen LogP contribution in [0.15, 0.2) is 12.1 Å². The minimum absolute atomic E-state index is 0.498. The van der Waals surface area contributed by atoms with Gasteiger partial charge in [-0.3, -0.25) is 4.90 Å². The van der Waals surface area contributed by atoms with Crippen molar-refractivity contribution in [3.8, 4) is 6.07 Å². The van der Waals surface area contributed by atoms with E-state index in [1.807, 2.05) is 0 Å². The molecule has 78 valence electrons. The third kappa shape index (κ3) is 1.97. The Kier molecular flexibility index (Phi) is 2.65. The number of likely N-dealkylation sites (tertiary alicyclic amines) is 1. The fourth-order valence-corrected chi connectivity index (χ4v) is 1.62. The maximum atomic E-state index is 13.2. The van der Waals surface area contributed by atoms with E-state index in [4.69, 9.17) is 5.26 Å². The lowest BCUT2D eigenvalue weighted by Crippen LogP contribution is -2.36. The SMILES string of the molecule is N#Cc1c(F)cc(CN2CCC2)cc1F.